The molecule has 4 nitrogen and oxygen atoms in total. The number of nitrogens with zero attached hydrogens (tertiary/aromatic N) is 1. The first-order valence-corrected chi connectivity index (χ1v) is 6.80. The Morgan fingerprint density at radius 2 is 1.52 bits per heavy atom. The van der Waals surface area contributed by atoms with Gasteiger partial charge in [0, 0.05) is 24.9 Å². The van der Waals surface area contributed by atoms with Crippen LogP contribution < -0.4 is 20.1 Å². The number of rotatable bonds is 4. The molecule has 2 aromatic rings. The van der Waals surface area contributed by atoms with Gasteiger partial charge in [-0.25, -0.2) is 0 Å². The summed E-state index contributed by atoms with van der Waals surface area (Å²) in [5, 5.41) is 0. The van der Waals surface area contributed by atoms with Crippen LogP contribution in [-0.2, 0) is 0 Å². The van der Waals surface area contributed by atoms with E-state index in [1.54, 1.807) is 20.3 Å². The Morgan fingerprint density at radius 1 is 0.905 bits per heavy atom. The third kappa shape index (κ3) is 2.89. The minimum absolute atomic E-state index is 0.632. The van der Waals surface area contributed by atoms with Gasteiger partial charge in [0.25, 0.3) is 0 Å². The molecule has 0 saturated carbocycles. The van der Waals surface area contributed by atoms with Crippen LogP contribution in [0.3, 0.4) is 0 Å². The molecular formula is C17H22N2O2. The number of benzene rings is 2. The van der Waals surface area contributed by atoms with Crippen LogP contribution in [0.25, 0.3) is 0 Å². The molecule has 0 bridgehead atoms. The number of ether oxygens (including phenoxy) is 2. The van der Waals surface area contributed by atoms with Crippen LogP contribution in [0.2, 0.25) is 0 Å². The maximum absolute atomic E-state index is 6.16. The van der Waals surface area contributed by atoms with Crippen LogP contribution in [0.1, 0.15) is 11.1 Å². The van der Waals surface area contributed by atoms with Crippen molar-refractivity contribution in [2.75, 3.05) is 31.9 Å². The Hall–Kier alpha value is -2.36. The molecule has 0 spiro atoms. The van der Waals surface area contributed by atoms with Crippen molar-refractivity contribution in [3.05, 3.63) is 41.5 Å². The standard InChI is InChI=1S/C17H22N2O2/c1-11-6-7-14(12(2)8-11)19(3)15-10-17(21-5)16(20-4)9-13(15)18/h6-10H,18H2,1-5H3. The summed E-state index contributed by atoms with van der Waals surface area (Å²) in [7, 11) is 5.22. The molecule has 0 fully saturated rings. The molecule has 21 heavy (non-hydrogen) atoms. The highest BCUT2D eigenvalue weighted by atomic mass is 16.5. The van der Waals surface area contributed by atoms with Crippen LogP contribution in [0.5, 0.6) is 11.5 Å². The van der Waals surface area contributed by atoms with E-state index in [9.17, 15) is 0 Å². The van der Waals surface area contributed by atoms with Gasteiger partial charge >= 0.3 is 0 Å². The van der Waals surface area contributed by atoms with E-state index >= 15 is 0 Å². The molecule has 0 aliphatic carbocycles. The van der Waals surface area contributed by atoms with Gasteiger partial charge in [-0.3, -0.25) is 0 Å². The molecule has 4 heteroatoms. The molecule has 0 atom stereocenters. The Balaban J connectivity index is 2.50. The number of hydrogen-bond acceptors (Lipinski definition) is 4. The van der Waals surface area contributed by atoms with Gasteiger partial charge in [0.15, 0.2) is 11.5 Å². The van der Waals surface area contributed by atoms with E-state index in [0.29, 0.717) is 17.2 Å². The summed E-state index contributed by atoms with van der Waals surface area (Å²) in [5.74, 6) is 1.30. The van der Waals surface area contributed by atoms with Crippen molar-refractivity contribution in [2.45, 2.75) is 13.8 Å². The van der Waals surface area contributed by atoms with Crippen LogP contribution in [0.4, 0.5) is 17.1 Å². The van der Waals surface area contributed by atoms with Crippen molar-refractivity contribution in [3.63, 3.8) is 0 Å². The molecule has 0 aliphatic heterocycles. The van der Waals surface area contributed by atoms with Crippen LogP contribution in [-0.4, -0.2) is 21.3 Å². The lowest BCUT2D eigenvalue weighted by molar-refractivity contribution is 0.355. The maximum Gasteiger partial charge on any atom is 0.162 e. The van der Waals surface area contributed by atoms with Crippen molar-refractivity contribution in [2.24, 2.45) is 0 Å². The van der Waals surface area contributed by atoms with Crippen molar-refractivity contribution in [1.29, 1.82) is 0 Å². The summed E-state index contributed by atoms with van der Waals surface area (Å²) in [5.41, 5.74) is 11.3. The van der Waals surface area contributed by atoms with Gasteiger partial charge in [-0.1, -0.05) is 17.7 Å². The van der Waals surface area contributed by atoms with E-state index in [-0.39, 0.29) is 0 Å². The Labute approximate surface area is 126 Å². The van der Waals surface area contributed by atoms with Gasteiger partial charge in [0.1, 0.15) is 0 Å². The number of anilines is 3. The van der Waals surface area contributed by atoms with E-state index in [4.69, 9.17) is 15.2 Å². The molecule has 0 saturated heterocycles. The van der Waals surface area contributed by atoms with Crippen molar-refractivity contribution in [3.8, 4) is 11.5 Å². The Bertz CT molecular complexity index is 653. The van der Waals surface area contributed by atoms with E-state index in [0.717, 1.165) is 11.4 Å². The summed E-state index contributed by atoms with van der Waals surface area (Å²) < 4.78 is 10.6. The highest BCUT2D eigenvalue weighted by Crippen LogP contribution is 2.39. The first kappa shape index (κ1) is 15.0. The molecular weight excluding hydrogens is 264 g/mol. The predicted molar refractivity (Wildman–Crippen MR) is 87.9 cm³/mol. The molecule has 0 heterocycles. The van der Waals surface area contributed by atoms with Crippen molar-refractivity contribution >= 4 is 17.1 Å². The molecule has 0 aromatic heterocycles. The molecule has 0 unspecified atom stereocenters. The third-order valence-electron chi connectivity index (χ3n) is 3.61. The molecule has 0 aliphatic rings. The normalized spacial score (nSPS) is 10.3. The summed E-state index contributed by atoms with van der Waals surface area (Å²) in [6, 6.07) is 10.0. The fourth-order valence-electron chi connectivity index (χ4n) is 2.49. The second-order valence-corrected chi connectivity index (χ2v) is 5.11. The van der Waals surface area contributed by atoms with Crippen LogP contribution >= 0.6 is 0 Å². The first-order valence-electron chi connectivity index (χ1n) is 6.80. The fourth-order valence-corrected chi connectivity index (χ4v) is 2.49. The van der Waals surface area contributed by atoms with E-state index in [1.165, 1.54) is 11.1 Å². The monoisotopic (exact) mass is 286 g/mol. The topological polar surface area (TPSA) is 47.7 Å². The number of hydrogen-bond donors (Lipinski definition) is 1. The molecule has 0 amide bonds. The molecule has 0 radical (unpaired) electrons. The number of methoxy groups -OCH3 is 2. The average molecular weight is 286 g/mol. The lowest BCUT2D eigenvalue weighted by Crippen LogP contribution is -2.13. The minimum atomic E-state index is 0.632. The summed E-state index contributed by atoms with van der Waals surface area (Å²) >= 11 is 0. The lowest BCUT2D eigenvalue weighted by Gasteiger charge is -2.24. The fraction of sp³-hybridized carbons (Fsp3) is 0.294. The Morgan fingerprint density at radius 3 is 2.10 bits per heavy atom. The molecule has 112 valence electrons. The van der Waals surface area contributed by atoms with Gasteiger partial charge in [-0.05, 0) is 25.5 Å². The Kier molecular flexibility index (Phi) is 4.26. The van der Waals surface area contributed by atoms with Crippen molar-refractivity contribution in [1.82, 2.24) is 0 Å². The van der Waals surface area contributed by atoms with Gasteiger partial charge in [-0.15, -0.1) is 0 Å². The van der Waals surface area contributed by atoms with Gasteiger partial charge < -0.3 is 20.1 Å². The SMILES string of the molecule is COc1cc(N)c(N(C)c2ccc(C)cc2C)cc1OC. The zero-order valence-electron chi connectivity index (χ0n) is 13.2. The first-order chi connectivity index (χ1) is 9.97. The highest BCUT2D eigenvalue weighted by Gasteiger charge is 2.14. The highest BCUT2D eigenvalue weighted by molar-refractivity contribution is 5.79. The quantitative estimate of drug-likeness (QED) is 0.871. The largest absolute Gasteiger partial charge is 0.493 e. The zero-order chi connectivity index (χ0) is 15.6. The average Bonchev–Trinajstić information content (AvgIpc) is 2.46. The molecule has 2 rings (SSSR count). The van der Waals surface area contributed by atoms with E-state index in [2.05, 4.69) is 36.9 Å². The third-order valence-corrected chi connectivity index (χ3v) is 3.61. The maximum atomic E-state index is 6.16. The zero-order valence-corrected chi connectivity index (χ0v) is 13.2. The second kappa shape index (κ2) is 5.95. The second-order valence-electron chi connectivity index (χ2n) is 5.11. The lowest BCUT2D eigenvalue weighted by atomic mass is 10.1. The van der Waals surface area contributed by atoms with Crippen molar-refractivity contribution < 1.29 is 9.47 Å². The van der Waals surface area contributed by atoms with Crippen LogP contribution in [0, 0.1) is 13.8 Å². The predicted octanol–water partition coefficient (Wildman–Crippen LogP) is 3.67. The van der Waals surface area contributed by atoms with E-state index in [1.807, 2.05) is 13.1 Å². The number of nitrogen functional groups attached to an aromatic ring is 1. The number of nitrogens with two attached hydrogens (primary N) is 1. The minimum Gasteiger partial charge on any atom is -0.493 e. The molecule has 2 N–H and O–H groups in total. The summed E-state index contributed by atoms with van der Waals surface area (Å²) in [6.07, 6.45) is 0. The van der Waals surface area contributed by atoms with Gasteiger partial charge in [0.2, 0.25) is 0 Å². The van der Waals surface area contributed by atoms with E-state index < -0.39 is 0 Å². The van der Waals surface area contributed by atoms with Gasteiger partial charge in [0.05, 0.1) is 25.6 Å². The number of aryl methyl sites for hydroxylation is 2. The summed E-state index contributed by atoms with van der Waals surface area (Å²) in [4.78, 5) is 2.06. The summed E-state index contributed by atoms with van der Waals surface area (Å²) in [6.45, 7) is 4.18. The van der Waals surface area contributed by atoms with Crippen LogP contribution in [0.15, 0.2) is 30.3 Å². The smallest absolute Gasteiger partial charge is 0.162 e. The molecule has 2 aromatic carbocycles. The van der Waals surface area contributed by atoms with Gasteiger partial charge in [-0.2, -0.15) is 0 Å².